The SMILES string of the molecule is O=CNNC(=S)Nc1ccc(Cl)cc1. The third-order valence-corrected chi connectivity index (χ3v) is 1.80. The monoisotopic (exact) mass is 229 g/mol. The molecule has 6 heteroatoms. The number of carbonyl (C=O) groups is 1. The topological polar surface area (TPSA) is 53.2 Å². The van der Waals surface area contributed by atoms with E-state index in [-0.39, 0.29) is 0 Å². The molecule has 0 aliphatic heterocycles. The molecule has 1 amide bonds. The summed E-state index contributed by atoms with van der Waals surface area (Å²) in [6.07, 6.45) is 0.496. The zero-order valence-electron chi connectivity index (χ0n) is 7.08. The summed E-state index contributed by atoms with van der Waals surface area (Å²) in [5, 5.41) is 3.80. The molecular weight excluding hydrogens is 222 g/mol. The zero-order chi connectivity index (χ0) is 10.4. The van der Waals surface area contributed by atoms with E-state index in [0.717, 1.165) is 5.69 Å². The number of thiocarbonyl (C=S) groups is 1. The highest BCUT2D eigenvalue weighted by molar-refractivity contribution is 7.80. The van der Waals surface area contributed by atoms with Gasteiger partial charge in [-0.25, -0.2) is 0 Å². The number of rotatable bonds is 3. The second-order valence-corrected chi connectivity index (χ2v) is 3.19. The number of benzene rings is 1. The molecule has 0 saturated heterocycles. The van der Waals surface area contributed by atoms with Crippen molar-refractivity contribution in [3.8, 4) is 0 Å². The van der Waals surface area contributed by atoms with Crippen molar-refractivity contribution in [2.24, 2.45) is 0 Å². The Balaban J connectivity index is 2.47. The van der Waals surface area contributed by atoms with Gasteiger partial charge in [-0.05, 0) is 36.5 Å². The standard InChI is InChI=1S/C8H8ClN3OS/c9-6-1-3-7(4-2-6)11-8(14)12-10-5-13/h1-5H,(H,10,13)(H2,11,12,14). The number of nitrogens with one attached hydrogen (secondary N) is 3. The first-order valence-corrected chi connectivity index (χ1v) is 4.53. The summed E-state index contributed by atoms with van der Waals surface area (Å²) >= 11 is 10.6. The number of amides is 1. The predicted octanol–water partition coefficient (Wildman–Crippen LogP) is 1.29. The summed E-state index contributed by atoms with van der Waals surface area (Å²) in [6.45, 7) is 0. The van der Waals surface area contributed by atoms with Gasteiger partial charge < -0.3 is 5.32 Å². The van der Waals surface area contributed by atoms with Crippen LogP contribution in [-0.2, 0) is 4.79 Å². The van der Waals surface area contributed by atoms with E-state index in [4.69, 9.17) is 23.8 Å². The summed E-state index contributed by atoms with van der Waals surface area (Å²) in [5.74, 6) is 0. The van der Waals surface area contributed by atoms with Gasteiger partial charge in [-0.3, -0.25) is 15.6 Å². The van der Waals surface area contributed by atoms with Crippen LogP contribution in [0.3, 0.4) is 0 Å². The van der Waals surface area contributed by atoms with Crippen LogP contribution in [0, 0.1) is 0 Å². The van der Waals surface area contributed by atoms with Gasteiger partial charge in [0.15, 0.2) is 5.11 Å². The van der Waals surface area contributed by atoms with Gasteiger partial charge in [-0.15, -0.1) is 0 Å². The van der Waals surface area contributed by atoms with Crippen molar-refractivity contribution >= 4 is 41.0 Å². The first-order chi connectivity index (χ1) is 6.72. The second-order valence-electron chi connectivity index (χ2n) is 2.35. The van der Waals surface area contributed by atoms with Crippen LogP contribution < -0.4 is 16.2 Å². The Morgan fingerprint density at radius 1 is 1.36 bits per heavy atom. The van der Waals surface area contributed by atoms with E-state index in [0.29, 0.717) is 16.5 Å². The summed E-state index contributed by atoms with van der Waals surface area (Å²) in [7, 11) is 0. The molecule has 1 rings (SSSR count). The molecule has 0 aliphatic rings. The van der Waals surface area contributed by atoms with E-state index in [1.54, 1.807) is 24.3 Å². The number of hydrazine groups is 1. The van der Waals surface area contributed by atoms with Gasteiger partial charge in [0, 0.05) is 10.7 Å². The van der Waals surface area contributed by atoms with Crippen LogP contribution in [0.4, 0.5) is 5.69 Å². The van der Waals surface area contributed by atoms with Gasteiger partial charge in [0.1, 0.15) is 0 Å². The molecule has 0 fully saturated rings. The first-order valence-electron chi connectivity index (χ1n) is 3.74. The quantitative estimate of drug-likeness (QED) is 0.415. The molecule has 0 spiro atoms. The molecule has 0 radical (unpaired) electrons. The van der Waals surface area contributed by atoms with Gasteiger partial charge in [0.05, 0.1) is 0 Å². The molecule has 1 aromatic rings. The summed E-state index contributed by atoms with van der Waals surface area (Å²) in [6, 6.07) is 7.02. The fourth-order valence-electron chi connectivity index (χ4n) is 0.791. The lowest BCUT2D eigenvalue weighted by Crippen LogP contribution is -2.39. The van der Waals surface area contributed by atoms with Crippen molar-refractivity contribution in [2.75, 3.05) is 5.32 Å². The van der Waals surface area contributed by atoms with E-state index >= 15 is 0 Å². The normalized spacial score (nSPS) is 8.93. The van der Waals surface area contributed by atoms with Gasteiger partial charge in [-0.2, -0.15) is 0 Å². The second kappa shape index (κ2) is 5.41. The minimum absolute atomic E-state index is 0.305. The minimum atomic E-state index is 0.305. The van der Waals surface area contributed by atoms with Crippen LogP contribution in [0.15, 0.2) is 24.3 Å². The van der Waals surface area contributed by atoms with Crippen molar-refractivity contribution < 1.29 is 4.79 Å². The molecular formula is C8H8ClN3OS. The number of carbonyl (C=O) groups excluding carboxylic acids is 1. The van der Waals surface area contributed by atoms with Gasteiger partial charge in [-0.1, -0.05) is 11.6 Å². The molecule has 0 atom stereocenters. The van der Waals surface area contributed by atoms with Crippen molar-refractivity contribution in [1.82, 2.24) is 10.9 Å². The summed E-state index contributed by atoms with van der Waals surface area (Å²) in [4.78, 5) is 9.93. The number of anilines is 1. The lowest BCUT2D eigenvalue weighted by molar-refractivity contribution is -0.110. The highest BCUT2D eigenvalue weighted by Gasteiger charge is 1.95. The predicted molar refractivity (Wildman–Crippen MR) is 60.0 cm³/mol. The van der Waals surface area contributed by atoms with E-state index in [1.807, 2.05) is 0 Å². The van der Waals surface area contributed by atoms with Crippen LogP contribution in [0.25, 0.3) is 0 Å². The molecule has 0 bridgehead atoms. The number of halogens is 1. The molecule has 3 N–H and O–H groups in total. The number of hydrogen-bond acceptors (Lipinski definition) is 2. The maximum absolute atomic E-state index is 9.93. The van der Waals surface area contributed by atoms with Crippen LogP contribution in [0.2, 0.25) is 5.02 Å². The van der Waals surface area contributed by atoms with E-state index in [2.05, 4.69) is 16.2 Å². The molecule has 0 unspecified atom stereocenters. The average molecular weight is 230 g/mol. The van der Waals surface area contributed by atoms with Gasteiger partial charge in [0.2, 0.25) is 6.41 Å². The minimum Gasteiger partial charge on any atom is -0.331 e. The Kier molecular flexibility index (Phi) is 4.15. The third kappa shape index (κ3) is 3.59. The van der Waals surface area contributed by atoms with Crippen LogP contribution >= 0.6 is 23.8 Å². The Morgan fingerprint density at radius 3 is 2.57 bits per heavy atom. The largest absolute Gasteiger partial charge is 0.331 e. The fourth-order valence-corrected chi connectivity index (χ4v) is 1.09. The van der Waals surface area contributed by atoms with Crippen molar-refractivity contribution in [2.45, 2.75) is 0 Å². The summed E-state index contributed by atoms with van der Waals surface area (Å²) in [5.41, 5.74) is 5.48. The Bertz CT molecular complexity index is 328. The third-order valence-electron chi connectivity index (χ3n) is 1.35. The molecule has 0 aliphatic carbocycles. The zero-order valence-corrected chi connectivity index (χ0v) is 8.65. The fraction of sp³-hybridized carbons (Fsp3) is 0. The van der Waals surface area contributed by atoms with Crippen LogP contribution in [0.1, 0.15) is 0 Å². The lowest BCUT2D eigenvalue weighted by Gasteiger charge is -2.08. The highest BCUT2D eigenvalue weighted by Crippen LogP contribution is 2.12. The Hall–Kier alpha value is -1.33. The Labute approximate surface area is 91.6 Å². The van der Waals surface area contributed by atoms with Crippen LogP contribution in [0.5, 0.6) is 0 Å². The van der Waals surface area contributed by atoms with Crippen molar-refractivity contribution in [3.05, 3.63) is 29.3 Å². The molecule has 4 nitrogen and oxygen atoms in total. The maximum Gasteiger partial charge on any atom is 0.225 e. The van der Waals surface area contributed by atoms with Gasteiger partial charge in [0.25, 0.3) is 0 Å². The number of hydrogen-bond donors (Lipinski definition) is 3. The lowest BCUT2D eigenvalue weighted by atomic mass is 10.3. The molecule has 1 aromatic carbocycles. The average Bonchev–Trinajstić information content (AvgIpc) is 2.18. The van der Waals surface area contributed by atoms with E-state index < -0.39 is 0 Å². The van der Waals surface area contributed by atoms with Crippen molar-refractivity contribution in [3.63, 3.8) is 0 Å². The molecule has 0 heterocycles. The Morgan fingerprint density at radius 2 is 2.00 bits per heavy atom. The van der Waals surface area contributed by atoms with E-state index in [1.165, 1.54) is 0 Å². The highest BCUT2D eigenvalue weighted by atomic mass is 35.5. The van der Waals surface area contributed by atoms with Crippen LogP contribution in [-0.4, -0.2) is 11.5 Å². The molecule has 0 saturated carbocycles. The van der Waals surface area contributed by atoms with E-state index in [9.17, 15) is 4.79 Å². The maximum atomic E-state index is 9.93. The molecule has 0 aromatic heterocycles. The summed E-state index contributed by atoms with van der Waals surface area (Å²) < 4.78 is 0. The molecule has 74 valence electrons. The molecule has 14 heavy (non-hydrogen) atoms. The van der Waals surface area contributed by atoms with Crippen molar-refractivity contribution in [1.29, 1.82) is 0 Å². The van der Waals surface area contributed by atoms with Gasteiger partial charge >= 0.3 is 0 Å². The first kappa shape index (κ1) is 10.7. The smallest absolute Gasteiger partial charge is 0.225 e.